The normalized spacial score (nSPS) is 12.2. The summed E-state index contributed by atoms with van der Waals surface area (Å²) in [6.45, 7) is 14.5. The van der Waals surface area contributed by atoms with Crippen LogP contribution in [0.25, 0.3) is 0 Å². The highest BCUT2D eigenvalue weighted by Crippen LogP contribution is 2.30. The van der Waals surface area contributed by atoms with Crippen molar-refractivity contribution in [2.75, 3.05) is 19.6 Å². The van der Waals surface area contributed by atoms with Crippen molar-refractivity contribution >= 4 is 5.97 Å². The summed E-state index contributed by atoms with van der Waals surface area (Å²) in [5.41, 5.74) is 1.47. The summed E-state index contributed by atoms with van der Waals surface area (Å²) in [4.78, 5) is 12.0. The number of benzene rings is 1. The molecule has 0 radical (unpaired) electrons. The van der Waals surface area contributed by atoms with Crippen LogP contribution in [0.1, 0.15) is 39.5 Å². The lowest BCUT2D eigenvalue weighted by atomic mass is 10.1. The molecule has 1 aromatic carbocycles. The Morgan fingerprint density at radius 3 is 2.00 bits per heavy atom. The lowest BCUT2D eigenvalue weighted by Crippen LogP contribution is -3.00. The van der Waals surface area contributed by atoms with Crippen LogP contribution in [0.15, 0.2) is 42.5 Å². The van der Waals surface area contributed by atoms with Gasteiger partial charge in [-0.15, -0.1) is 0 Å². The molecule has 0 aliphatic heterocycles. The van der Waals surface area contributed by atoms with Crippen LogP contribution in [0.4, 0.5) is 0 Å². The van der Waals surface area contributed by atoms with Gasteiger partial charge in [0.15, 0.2) is 0 Å². The van der Waals surface area contributed by atoms with Gasteiger partial charge in [0.25, 0.3) is 6.23 Å². The van der Waals surface area contributed by atoms with Gasteiger partial charge in [-0.05, 0) is 39.8 Å². The Balaban J connectivity index is 0.00000400. The van der Waals surface area contributed by atoms with Gasteiger partial charge in [0.2, 0.25) is 0 Å². The zero-order valence-electron chi connectivity index (χ0n) is 13.4. The third-order valence-corrected chi connectivity index (χ3v) is 4.04. The molecule has 0 fully saturated rings. The van der Waals surface area contributed by atoms with Crippen molar-refractivity contribution < 1.29 is 26.4 Å². The number of quaternary nitrogens is 1. The SMILES string of the molecule is C=C(C)C(=O)OC(c1ccccc1)[N+](CC)(CC)CC.[Cl-]. The summed E-state index contributed by atoms with van der Waals surface area (Å²) in [7, 11) is 0. The lowest BCUT2D eigenvalue weighted by Gasteiger charge is -2.41. The van der Waals surface area contributed by atoms with Gasteiger partial charge in [0.05, 0.1) is 25.2 Å². The van der Waals surface area contributed by atoms with Crippen LogP contribution >= 0.6 is 0 Å². The number of halogens is 1. The number of rotatable bonds is 7. The largest absolute Gasteiger partial charge is 1.00 e. The zero-order chi connectivity index (χ0) is 15.2. The van der Waals surface area contributed by atoms with Gasteiger partial charge in [0.1, 0.15) is 0 Å². The average molecular weight is 312 g/mol. The molecule has 4 heteroatoms. The van der Waals surface area contributed by atoms with Gasteiger partial charge in [-0.1, -0.05) is 24.8 Å². The van der Waals surface area contributed by atoms with E-state index >= 15 is 0 Å². The first-order chi connectivity index (χ1) is 9.50. The van der Waals surface area contributed by atoms with Crippen LogP contribution < -0.4 is 12.4 Å². The maximum Gasteiger partial charge on any atom is 0.337 e. The molecular formula is C17H26ClNO2. The third kappa shape index (κ3) is 4.58. The molecule has 118 valence electrons. The van der Waals surface area contributed by atoms with Gasteiger partial charge in [-0.25, -0.2) is 4.79 Å². The fourth-order valence-electron chi connectivity index (χ4n) is 2.48. The Bertz CT molecular complexity index is 447. The number of hydrogen-bond acceptors (Lipinski definition) is 2. The fraction of sp³-hybridized carbons (Fsp3) is 0.471. The van der Waals surface area contributed by atoms with E-state index in [1.807, 2.05) is 30.3 Å². The van der Waals surface area contributed by atoms with Gasteiger partial charge >= 0.3 is 5.97 Å². The topological polar surface area (TPSA) is 26.3 Å². The summed E-state index contributed by atoms with van der Waals surface area (Å²) in [5.74, 6) is -0.322. The summed E-state index contributed by atoms with van der Waals surface area (Å²) in [6, 6.07) is 9.97. The quantitative estimate of drug-likeness (QED) is 0.320. The lowest BCUT2D eigenvalue weighted by molar-refractivity contribution is -0.971. The molecule has 0 aliphatic carbocycles. The number of ether oxygens (including phenoxy) is 1. The van der Waals surface area contributed by atoms with E-state index < -0.39 is 0 Å². The summed E-state index contributed by atoms with van der Waals surface area (Å²) < 4.78 is 6.50. The molecule has 0 saturated carbocycles. The average Bonchev–Trinajstić information content (AvgIpc) is 2.48. The van der Waals surface area contributed by atoms with Crippen LogP contribution in [0.3, 0.4) is 0 Å². The number of carbonyl (C=O) groups excluding carboxylic acids is 1. The predicted molar refractivity (Wildman–Crippen MR) is 82.0 cm³/mol. The van der Waals surface area contributed by atoms with Crippen molar-refractivity contribution in [3.8, 4) is 0 Å². The maximum absolute atomic E-state index is 12.0. The van der Waals surface area contributed by atoms with E-state index in [1.54, 1.807) is 6.92 Å². The number of esters is 1. The minimum Gasteiger partial charge on any atom is -1.00 e. The Kier molecular flexibility index (Phi) is 8.30. The summed E-state index contributed by atoms with van der Waals surface area (Å²) in [6.07, 6.45) is -0.277. The smallest absolute Gasteiger partial charge is 0.337 e. The molecule has 1 aromatic rings. The van der Waals surface area contributed by atoms with Crippen molar-refractivity contribution in [2.45, 2.75) is 33.9 Å². The Hall–Kier alpha value is -1.32. The molecule has 0 aliphatic rings. The summed E-state index contributed by atoms with van der Waals surface area (Å²) >= 11 is 0. The highest BCUT2D eigenvalue weighted by atomic mass is 35.5. The molecule has 21 heavy (non-hydrogen) atoms. The monoisotopic (exact) mass is 311 g/mol. The second kappa shape index (κ2) is 8.85. The van der Waals surface area contributed by atoms with Crippen LogP contribution in [-0.2, 0) is 9.53 Å². The molecule has 0 saturated heterocycles. The maximum atomic E-state index is 12.0. The van der Waals surface area contributed by atoms with Crippen molar-refractivity contribution in [1.82, 2.24) is 0 Å². The van der Waals surface area contributed by atoms with E-state index in [0.717, 1.165) is 29.7 Å². The standard InChI is InChI=1S/C17H26NO2.ClH/c1-6-18(7-2,8-3)16(20-17(19)14(4)5)15-12-10-9-11-13-15;/h9-13,16H,4,6-8H2,1-3,5H3;1H/q+1;/p-1. The third-order valence-electron chi connectivity index (χ3n) is 4.04. The Morgan fingerprint density at radius 1 is 1.14 bits per heavy atom. The van der Waals surface area contributed by atoms with Gasteiger partial charge in [0, 0.05) is 5.57 Å². The first-order valence-electron chi connectivity index (χ1n) is 7.28. The molecule has 0 bridgehead atoms. The van der Waals surface area contributed by atoms with Gasteiger partial charge in [-0.3, -0.25) is 4.48 Å². The Labute approximate surface area is 134 Å². The number of carbonyl (C=O) groups is 1. The molecule has 1 unspecified atom stereocenters. The molecule has 1 rings (SSSR count). The highest BCUT2D eigenvalue weighted by Gasteiger charge is 2.37. The van der Waals surface area contributed by atoms with Crippen LogP contribution in [0.5, 0.6) is 0 Å². The van der Waals surface area contributed by atoms with Crippen molar-refractivity contribution in [1.29, 1.82) is 0 Å². The Morgan fingerprint density at radius 2 is 1.62 bits per heavy atom. The minimum absolute atomic E-state index is 0. The van der Waals surface area contributed by atoms with E-state index in [9.17, 15) is 4.79 Å². The van der Waals surface area contributed by atoms with Crippen molar-refractivity contribution in [3.05, 3.63) is 48.0 Å². The van der Waals surface area contributed by atoms with Crippen LogP contribution in [0, 0.1) is 0 Å². The molecule has 0 heterocycles. The molecule has 1 atom stereocenters. The molecule has 0 aromatic heterocycles. The van der Waals surface area contributed by atoms with E-state index in [4.69, 9.17) is 4.74 Å². The first kappa shape index (κ1) is 19.7. The van der Waals surface area contributed by atoms with E-state index in [2.05, 4.69) is 27.4 Å². The minimum atomic E-state index is -0.322. The van der Waals surface area contributed by atoms with E-state index in [0.29, 0.717) is 5.57 Å². The molecule has 3 nitrogen and oxygen atoms in total. The van der Waals surface area contributed by atoms with Crippen molar-refractivity contribution in [2.24, 2.45) is 0 Å². The summed E-state index contributed by atoms with van der Waals surface area (Å²) in [5, 5.41) is 0. The van der Waals surface area contributed by atoms with E-state index in [-0.39, 0.29) is 24.6 Å². The van der Waals surface area contributed by atoms with Crippen LogP contribution in [-0.4, -0.2) is 30.1 Å². The molecule has 0 N–H and O–H groups in total. The zero-order valence-corrected chi connectivity index (χ0v) is 14.2. The predicted octanol–water partition coefficient (Wildman–Crippen LogP) is 0.685. The first-order valence-corrected chi connectivity index (χ1v) is 7.28. The van der Waals surface area contributed by atoms with E-state index in [1.165, 1.54) is 0 Å². The highest BCUT2D eigenvalue weighted by molar-refractivity contribution is 5.87. The van der Waals surface area contributed by atoms with Crippen LogP contribution in [0.2, 0.25) is 0 Å². The van der Waals surface area contributed by atoms with Gasteiger partial charge in [-0.2, -0.15) is 0 Å². The van der Waals surface area contributed by atoms with Gasteiger partial charge < -0.3 is 17.1 Å². The molecule has 0 spiro atoms. The molecule has 0 amide bonds. The second-order valence-corrected chi connectivity index (χ2v) is 5.12. The molecular weight excluding hydrogens is 286 g/mol. The van der Waals surface area contributed by atoms with Crippen molar-refractivity contribution in [3.63, 3.8) is 0 Å². The number of hydrogen-bond donors (Lipinski definition) is 0. The number of nitrogens with zero attached hydrogens (tertiary/aromatic N) is 1. The second-order valence-electron chi connectivity index (χ2n) is 5.12. The fourth-order valence-corrected chi connectivity index (χ4v) is 2.48.